The van der Waals surface area contributed by atoms with Gasteiger partial charge in [-0.25, -0.2) is 19.6 Å². The first-order valence-corrected chi connectivity index (χ1v) is 30.1. The van der Waals surface area contributed by atoms with Gasteiger partial charge in [-0.05, 0) is 115 Å². The van der Waals surface area contributed by atoms with Gasteiger partial charge in [-0.3, -0.25) is 19.0 Å². The molecule has 10 rings (SSSR count). The Morgan fingerprint density at radius 3 is 1.99 bits per heavy atom. The molecule has 8 aromatic rings. The van der Waals surface area contributed by atoms with Crippen LogP contribution in [-0.2, 0) is 45.0 Å². The molecular weight excluding hydrogens is 1110 g/mol. The molecule has 1 aliphatic heterocycles. The molecule has 18 nitrogen and oxygen atoms in total. The van der Waals surface area contributed by atoms with Crippen LogP contribution >= 0.6 is 8.53 Å². The third-order valence-electron chi connectivity index (χ3n) is 15.5. The van der Waals surface area contributed by atoms with Gasteiger partial charge in [0, 0.05) is 49.4 Å². The van der Waals surface area contributed by atoms with Crippen molar-refractivity contribution >= 4 is 43.3 Å². The largest absolute Gasteiger partial charge is 0.497 e. The molecule has 2 N–H and O–H groups in total. The normalized spacial score (nSPS) is 16.0. The fourth-order valence-electron chi connectivity index (χ4n) is 11.3. The van der Waals surface area contributed by atoms with E-state index in [9.17, 15) is 19.6 Å². The van der Waals surface area contributed by atoms with Crippen LogP contribution in [0, 0.1) is 11.3 Å². The molecule has 1 fully saturated rings. The lowest BCUT2D eigenvalue weighted by molar-refractivity contribution is -0.144. The van der Waals surface area contributed by atoms with E-state index in [0.29, 0.717) is 41.1 Å². The Labute approximate surface area is 502 Å². The van der Waals surface area contributed by atoms with E-state index in [1.165, 1.54) is 6.33 Å². The number of nitrogens with zero attached hydrogens (tertiary/aromatic N) is 6. The molecule has 19 heteroatoms. The zero-order valence-electron chi connectivity index (χ0n) is 49.1. The number of carbonyl (C=O) groups excluding carboxylic acids is 3. The fourth-order valence-corrected chi connectivity index (χ4v) is 13.1. The minimum atomic E-state index is -1.72. The molecule has 4 atom stereocenters. The van der Waals surface area contributed by atoms with Crippen LogP contribution in [0.25, 0.3) is 22.3 Å². The van der Waals surface area contributed by atoms with Crippen LogP contribution in [-0.4, -0.2) is 100 Å². The number of anilines is 1. The zero-order valence-corrected chi connectivity index (χ0v) is 50.0. The number of methoxy groups -OCH3 is 2. The number of ether oxygens (including phenoxy) is 5. The number of benzene rings is 6. The van der Waals surface area contributed by atoms with E-state index in [4.69, 9.17) is 37.7 Å². The summed E-state index contributed by atoms with van der Waals surface area (Å²) in [6, 6.07) is 51.2. The third kappa shape index (κ3) is 13.6. The van der Waals surface area contributed by atoms with Crippen molar-refractivity contribution in [1.29, 1.82) is 5.26 Å². The highest BCUT2D eigenvalue weighted by molar-refractivity contribution is 7.44. The summed E-state index contributed by atoms with van der Waals surface area (Å²) >= 11 is 0. The van der Waals surface area contributed by atoms with Crippen LogP contribution in [0.4, 0.5) is 5.82 Å². The van der Waals surface area contributed by atoms with Gasteiger partial charge in [0.1, 0.15) is 42.4 Å². The highest BCUT2D eigenvalue weighted by atomic mass is 31.2. The van der Waals surface area contributed by atoms with Crippen LogP contribution in [0.15, 0.2) is 164 Å². The summed E-state index contributed by atoms with van der Waals surface area (Å²) in [6.07, 6.45) is 2.15. The Kier molecular flexibility index (Phi) is 19.9. The minimum Gasteiger partial charge on any atom is -0.497 e. The molecule has 0 saturated carbocycles. The van der Waals surface area contributed by atoms with E-state index in [0.717, 1.165) is 44.5 Å². The van der Waals surface area contributed by atoms with Gasteiger partial charge < -0.3 is 43.4 Å². The van der Waals surface area contributed by atoms with E-state index in [-0.39, 0.29) is 81.3 Å². The Morgan fingerprint density at radius 1 is 0.756 bits per heavy atom. The highest BCUT2D eigenvalue weighted by Gasteiger charge is 2.45. The molecule has 0 bridgehead atoms. The first-order chi connectivity index (χ1) is 41.9. The summed E-state index contributed by atoms with van der Waals surface area (Å²) in [5.74, 6) is 0.591. The number of imidazole rings is 1. The van der Waals surface area contributed by atoms with Gasteiger partial charge >= 0.3 is 5.97 Å². The average Bonchev–Trinajstić information content (AvgIpc) is 2.60. The maximum absolute atomic E-state index is 13.8. The second kappa shape index (κ2) is 28.2. The molecule has 3 heterocycles. The quantitative estimate of drug-likeness (QED) is 0.0212. The SMILES string of the molecule is COc1ccc(C(OC[C@H]2O[C@@H](n3cnc4c(NC(=O)c5ccc(CNC(=O)CCCC(=O)OCC6c7ccccc7-c7ccccc76)cc5)ncnc43)C[C@H]2OP(OCCC#N)N(C(C)C)C(C)C)(c2ccccc2)c2ccc(OC)cc2)cc1. The van der Waals surface area contributed by atoms with E-state index < -0.39 is 38.5 Å². The lowest BCUT2D eigenvalue weighted by Gasteiger charge is -2.39. The number of aromatic nitrogens is 4. The predicted octanol–water partition coefficient (Wildman–Crippen LogP) is 12.2. The molecule has 1 saturated heterocycles. The lowest BCUT2D eigenvalue weighted by atomic mass is 9.80. The fraction of sp³-hybridized carbons (Fsp3) is 0.328. The van der Waals surface area contributed by atoms with Crippen LogP contribution in [0.5, 0.6) is 11.5 Å². The van der Waals surface area contributed by atoms with Crippen LogP contribution < -0.4 is 20.1 Å². The van der Waals surface area contributed by atoms with E-state index in [1.807, 2.05) is 108 Å². The summed E-state index contributed by atoms with van der Waals surface area (Å²) in [4.78, 5) is 53.3. The lowest BCUT2D eigenvalue weighted by Crippen LogP contribution is -2.39. The average molecular weight is 1180 g/mol. The molecular formula is C67H71N8O10P. The van der Waals surface area contributed by atoms with Crippen LogP contribution in [0.1, 0.15) is 116 Å². The Balaban J connectivity index is 0.818. The number of fused-ring (bicyclic) bond motifs is 4. The van der Waals surface area contributed by atoms with Gasteiger partial charge in [0.15, 0.2) is 17.0 Å². The standard InChI is InChI=1S/C67H71N8O10P/c1-44(2)75(45(3)4)86(83-37-15-36-68)85-58-38-61(84-59(58)41-82-67(48-16-8-7-9-17-48,49-28-32-51(79-5)33-29-49)50-30-34-52(80-6)35-31-50)74-43-72-63-64(70-42-71-65(63)74)73-66(78)47-26-24-46(25-27-47)39-69-60(76)22-14-23-62(77)81-40-57-55-20-12-10-18-53(55)54-19-11-13-21-56(54)57/h7-13,16-21,24-35,42-45,57-59,61H,14-15,22-23,37-41H2,1-6H3,(H,69,76)(H,70,71,73,78)/t58-,59-,61-,86?/m1/s1. The molecule has 444 valence electrons. The van der Waals surface area contributed by atoms with E-state index in [2.05, 4.69) is 83.3 Å². The minimum absolute atomic E-state index is 0.0283. The summed E-state index contributed by atoms with van der Waals surface area (Å²) in [6.45, 7) is 9.06. The number of amides is 2. The van der Waals surface area contributed by atoms with Gasteiger partial charge in [-0.15, -0.1) is 0 Å². The number of hydrogen-bond acceptors (Lipinski definition) is 15. The van der Waals surface area contributed by atoms with E-state index >= 15 is 0 Å². The van der Waals surface area contributed by atoms with Crippen LogP contribution in [0.3, 0.4) is 0 Å². The predicted molar refractivity (Wildman–Crippen MR) is 327 cm³/mol. The number of hydrogen-bond donors (Lipinski definition) is 2. The van der Waals surface area contributed by atoms with Crippen molar-refractivity contribution in [3.63, 3.8) is 0 Å². The monoisotopic (exact) mass is 1180 g/mol. The number of nitriles is 1. The number of rotatable bonds is 27. The summed E-state index contributed by atoms with van der Waals surface area (Å²) in [5, 5.41) is 15.4. The highest BCUT2D eigenvalue weighted by Crippen LogP contribution is 2.51. The van der Waals surface area contributed by atoms with Crippen molar-refractivity contribution in [2.24, 2.45) is 0 Å². The Hall–Kier alpha value is -8.40. The molecule has 1 unspecified atom stereocenters. The molecule has 2 aliphatic rings. The summed E-state index contributed by atoms with van der Waals surface area (Å²) in [5.41, 5.74) is 7.92. The maximum atomic E-state index is 13.8. The zero-order chi connectivity index (χ0) is 60.2. The molecule has 2 aromatic heterocycles. The van der Waals surface area contributed by atoms with Crippen LogP contribution in [0.2, 0.25) is 0 Å². The van der Waals surface area contributed by atoms with Gasteiger partial charge in [-0.1, -0.05) is 115 Å². The van der Waals surface area contributed by atoms with Gasteiger partial charge in [-0.2, -0.15) is 5.26 Å². The Morgan fingerprint density at radius 2 is 1.37 bits per heavy atom. The molecule has 0 spiro atoms. The van der Waals surface area contributed by atoms with Crippen molar-refractivity contribution in [3.05, 3.63) is 203 Å². The number of carbonyl (C=O) groups is 3. The molecule has 0 radical (unpaired) electrons. The van der Waals surface area contributed by atoms with Crippen molar-refractivity contribution in [1.82, 2.24) is 29.5 Å². The van der Waals surface area contributed by atoms with Crippen molar-refractivity contribution in [2.75, 3.05) is 39.4 Å². The molecule has 86 heavy (non-hydrogen) atoms. The van der Waals surface area contributed by atoms with Crippen molar-refractivity contribution in [2.45, 2.75) is 108 Å². The smallest absolute Gasteiger partial charge is 0.305 e. The van der Waals surface area contributed by atoms with Crippen molar-refractivity contribution in [3.8, 4) is 28.7 Å². The molecule has 2 amide bonds. The molecule has 6 aromatic carbocycles. The van der Waals surface area contributed by atoms with Crippen molar-refractivity contribution < 1.29 is 47.1 Å². The first-order valence-electron chi connectivity index (χ1n) is 29.0. The van der Waals surface area contributed by atoms with Gasteiger partial charge in [0.05, 0.1) is 52.4 Å². The maximum Gasteiger partial charge on any atom is 0.305 e. The Bertz CT molecular complexity index is 3530. The summed E-state index contributed by atoms with van der Waals surface area (Å²) in [7, 11) is 1.55. The van der Waals surface area contributed by atoms with Gasteiger partial charge in [0.25, 0.3) is 14.4 Å². The second-order valence-electron chi connectivity index (χ2n) is 21.6. The first kappa shape index (κ1) is 60.7. The topological polar surface area (TPSA) is 211 Å². The molecule has 1 aliphatic carbocycles. The third-order valence-corrected chi connectivity index (χ3v) is 17.6. The van der Waals surface area contributed by atoms with Gasteiger partial charge in [0.2, 0.25) is 5.91 Å². The van der Waals surface area contributed by atoms with E-state index in [1.54, 1.807) is 44.8 Å². The number of esters is 1. The number of nitrogens with one attached hydrogen (secondary N) is 2. The second-order valence-corrected chi connectivity index (χ2v) is 23.0. The summed E-state index contributed by atoms with van der Waals surface area (Å²) < 4.78 is 49.0.